The van der Waals surface area contributed by atoms with E-state index in [0.29, 0.717) is 16.8 Å². The first-order chi connectivity index (χ1) is 9.51. The van der Waals surface area contributed by atoms with Crippen LogP contribution in [0.4, 0.5) is 5.69 Å². The Morgan fingerprint density at radius 1 is 1.20 bits per heavy atom. The largest absolute Gasteiger partial charge is 0.321 e. The van der Waals surface area contributed by atoms with E-state index in [0.717, 1.165) is 15.6 Å². The molecule has 0 unspecified atom stereocenters. The van der Waals surface area contributed by atoms with Gasteiger partial charge in [-0.25, -0.2) is 0 Å². The minimum atomic E-state index is -0.207. The van der Waals surface area contributed by atoms with Crippen LogP contribution in [0.15, 0.2) is 40.9 Å². The Morgan fingerprint density at radius 2 is 1.95 bits per heavy atom. The smallest absolute Gasteiger partial charge is 0.255 e. The monoisotopic (exact) mass is 328 g/mol. The van der Waals surface area contributed by atoms with Crippen molar-refractivity contribution in [1.82, 2.24) is 0 Å². The molecule has 2 aromatic carbocycles. The second kappa shape index (κ2) is 5.89. The van der Waals surface area contributed by atoms with Crippen molar-refractivity contribution in [2.75, 3.05) is 5.32 Å². The number of nitriles is 1. The molecule has 0 fully saturated rings. The summed E-state index contributed by atoms with van der Waals surface area (Å²) in [5, 5.41) is 11.9. The molecule has 0 atom stereocenters. The van der Waals surface area contributed by atoms with E-state index in [-0.39, 0.29) is 5.91 Å². The van der Waals surface area contributed by atoms with Crippen molar-refractivity contribution >= 4 is 27.5 Å². The summed E-state index contributed by atoms with van der Waals surface area (Å²) in [5.41, 5.74) is 3.58. The number of carbonyl (C=O) groups excluding carboxylic acids is 1. The lowest BCUT2D eigenvalue weighted by molar-refractivity contribution is 0.102. The van der Waals surface area contributed by atoms with Crippen LogP contribution in [0.1, 0.15) is 27.0 Å². The molecule has 0 aliphatic rings. The van der Waals surface area contributed by atoms with Gasteiger partial charge in [0.15, 0.2) is 0 Å². The normalized spacial score (nSPS) is 9.90. The number of nitrogens with zero attached hydrogens (tertiary/aromatic N) is 1. The number of amides is 1. The highest BCUT2D eigenvalue weighted by Gasteiger charge is 2.11. The minimum Gasteiger partial charge on any atom is -0.321 e. The van der Waals surface area contributed by atoms with Crippen LogP contribution in [0.2, 0.25) is 0 Å². The Labute approximate surface area is 126 Å². The highest BCUT2D eigenvalue weighted by atomic mass is 79.9. The molecule has 0 aliphatic heterocycles. The van der Waals surface area contributed by atoms with Gasteiger partial charge < -0.3 is 5.32 Å². The summed E-state index contributed by atoms with van der Waals surface area (Å²) in [5.74, 6) is -0.207. The van der Waals surface area contributed by atoms with Gasteiger partial charge in [-0.05, 0) is 43.7 Å². The number of benzene rings is 2. The van der Waals surface area contributed by atoms with E-state index in [1.807, 2.05) is 26.0 Å². The minimum absolute atomic E-state index is 0.207. The molecule has 1 N–H and O–H groups in total. The van der Waals surface area contributed by atoms with Crippen molar-refractivity contribution in [2.24, 2.45) is 0 Å². The number of hydrogen-bond donors (Lipinski definition) is 1. The van der Waals surface area contributed by atoms with E-state index in [9.17, 15) is 4.79 Å². The zero-order chi connectivity index (χ0) is 14.7. The molecule has 1 amide bonds. The number of aryl methyl sites for hydroxylation is 2. The number of rotatable bonds is 2. The molecule has 0 spiro atoms. The Hall–Kier alpha value is -2.12. The highest BCUT2D eigenvalue weighted by Crippen LogP contribution is 2.21. The quantitative estimate of drug-likeness (QED) is 0.898. The molecule has 0 heterocycles. The number of hydrogen-bond acceptors (Lipinski definition) is 2. The van der Waals surface area contributed by atoms with Gasteiger partial charge in [0.1, 0.15) is 6.07 Å². The Kier molecular flexibility index (Phi) is 4.21. The summed E-state index contributed by atoms with van der Waals surface area (Å²) in [6, 6.07) is 12.9. The second-order valence-corrected chi connectivity index (χ2v) is 5.49. The molecule has 0 aromatic heterocycles. The topological polar surface area (TPSA) is 52.9 Å². The number of halogens is 1. The second-order valence-electron chi connectivity index (χ2n) is 4.57. The molecule has 4 heteroatoms. The van der Waals surface area contributed by atoms with Gasteiger partial charge in [0.25, 0.3) is 5.91 Å². The van der Waals surface area contributed by atoms with E-state index < -0.39 is 0 Å². The van der Waals surface area contributed by atoms with Crippen molar-refractivity contribution < 1.29 is 4.79 Å². The summed E-state index contributed by atoms with van der Waals surface area (Å²) in [6.07, 6.45) is 0. The van der Waals surface area contributed by atoms with Gasteiger partial charge in [-0.15, -0.1) is 0 Å². The highest BCUT2D eigenvalue weighted by molar-refractivity contribution is 9.10. The number of carbonyl (C=O) groups is 1. The predicted molar refractivity (Wildman–Crippen MR) is 82.7 cm³/mol. The molecule has 2 rings (SSSR count). The van der Waals surface area contributed by atoms with E-state index >= 15 is 0 Å². The SMILES string of the molecule is Cc1ccc(C(=O)Nc2ccc(Br)cc2C#N)c(C)c1. The summed E-state index contributed by atoms with van der Waals surface area (Å²) < 4.78 is 0.804. The Morgan fingerprint density at radius 3 is 2.60 bits per heavy atom. The fraction of sp³-hybridized carbons (Fsp3) is 0.125. The van der Waals surface area contributed by atoms with Crippen molar-refractivity contribution in [2.45, 2.75) is 13.8 Å². The molecule has 0 aliphatic carbocycles. The zero-order valence-corrected chi connectivity index (χ0v) is 12.8. The van der Waals surface area contributed by atoms with Crippen LogP contribution >= 0.6 is 15.9 Å². The molecular weight excluding hydrogens is 316 g/mol. The third-order valence-electron chi connectivity index (χ3n) is 2.98. The third-order valence-corrected chi connectivity index (χ3v) is 3.47. The average molecular weight is 329 g/mol. The summed E-state index contributed by atoms with van der Waals surface area (Å²) >= 11 is 3.30. The van der Waals surface area contributed by atoms with Crippen LogP contribution in [0.3, 0.4) is 0 Å². The van der Waals surface area contributed by atoms with Crippen molar-refractivity contribution in [1.29, 1.82) is 5.26 Å². The summed E-state index contributed by atoms with van der Waals surface area (Å²) in [6.45, 7) is 3.88. The molecule has 100 valence electrons. The number of anilines is 1. The summed E-state index contributed by atoms with van der Waals surface area (Å²) in [7, 11) is 0. The van der Waals surface area contributed by atoms with Gasteiger partial charge >= 0.3 is 0 Å². The average Bonchev–Trinajstić information content (AvgIpc) is 2.40. The standard InChI is InChI=1S/C16H13BrN2O/c1-10-3-5-14(11(2)7-10)16(20)19-15-6-4-13(17)8-12(15)9-18/h3-8H,1-2H3,(H,19,20). The molecular formula is C16H13BrN2O. The van der Waals surface area contributed by atoms with E-state index in [2.05, 4.69) is 27.3 Å². The van der Waals surface area contributed by atoms with Gasteiger partial charge in [-0.2, -0.15) is 5.26 Å². The van der Waals surface area contributed by atoms with Crippen LogP contribution in [0.25, 0.3) is 0 Å². The lowest BCUT2D eigenvalue weighted by Gasteiger charge is -2.10. The first kappa shape index (κ1) is 14.3. The van der Waals surface area contributed by atoms with Crippen molar-refractivity contribution in [3.05, 3.63) is 63.1 Å². The van der Waals surface area contributed by atoms with Gasteiger partial charge in [-0.1, -0.05) is 33.6 Å². The first-order valence-electron chi connectivity index (χ1n) is 6.09. The third kappa shape index (κ3) is 3.06. The van der Waals surface area contributed by atoms with Gasteiger partial charge in [0, 0.05) is 10.0 Å². The molecule has 3 nitrogen and oxygen atoms in total. The molecule has 0 radical (unpaired) electrons. The summed E-state index contributed by atoms with van der Waals surface area (Å²) in [4.78, 5) is 12.3. The zero-order valence-electron chi connectivity index (χ0n) is 11.2. The van der Waals surface area contributed by atoms with Crippen LogP contribution in [-0.2, 0) is 0 Å². The van der Waals surface area contributed by atoms with E-state index in [4.69, 9.17) is 5.26 Å². The molecule has 0 saturated heterocycles. The van der Waals surface area contributed by atoms with Gasteiger partial charge in [0.2, 0.25) is 0 Å². The fourth-order valence-electron chi connectivity index (χ4n) is 1.98. The van der Waals surface area contributed by atoms with E-state index in [1.165, 1.54) is 0 Å². The van der Waals surface area contributed by atoms with Crippen molar-refractivity contribution in [3.8, 4) is 6.07 Å². The van der Waals surface area contributed by atoms with Crippen molar-refractivity contribution in [3.63, 3.8) is 0 Å². The Balaban J connectivity index is 2.31. The molecule has 2 aromatic rings. The first-order valence-corrected chi connectivity index (χ1v) is 6.89. The van der Waals surface area contributed by atoms with E-state index in [1.54, 1.807) is 24.3 Å². The maximum Gasteiger partial charge on any atom is 0.255 e. The van der Waals surface area contributed by atoms with Gasteiger partial charge in [-0.3, -0.25) is 4.79 Å². The lowest BCUT2D eigenvalue weighted by atomic mass is 10.0. The van der Waals surface area contributed by atoms with Gasteiger partial charge in [0.05, 0.1) is 11.3 Å². The van der Waals surface area contributed by atoms with Crippen LogP contribution in [-0.4, -0.2) is 5.91 Å². The Bertz CT molecular complexity index is 717. The number of nitrogens with one attached hydrogen (secondary N) is 1. The van der Waals surface area contributed by atoms with Crippen LogP contribution in [0, 0.1) is 25.2 Å². The van der Waals surface area contributed by atoms with Crippen LogP contribution in [0.5, 0.6) is 0 Å². The lowest BCUT2D eigenvalue weighted by Crippen LogP contribution is -2.14. The fourth-order valence-corrected chi connectivity index (χ4v) is 2.34. The molecule has 20 heavy (non-hydrogen) atoms. The molecule has 0 saturated carbocycles. The molecule has 0 bridgehead atoms. The maximum atomic E-state index is 12.3. The maximum absolute atomic E-state index is 12.3. The van der Waals surface area contributed by atoms with Crippen LogP contribution < -0.4 is 5.32 Å². The predicted octanol–water partition coefficient (Wildman–Crippen LogP) is 4.19.